The summed E-state index contributed by atoms with van der Waals surface area (Å²) in [5, 5.41) is 14.7. The molecule has 174 valence electrons. The molecule has 0 saturated carbocycles. The van der Waals surface area contributed by atoms with Crippen molar-refractivity contribution in [2.24, 2.45) is 0 Å². The van der Waals surface area contributed by atoms with Crippen molar-refractivity contribution in [3.8, 4) is 0 Å². The normalized spacial score (nSPS) is 20.8. The first kappa shape index (κ1) is 23.1. The number of carbonyl (C=O) groups excluding carboxylic acids is 1. The number of carbonyl (C=O) groups is 1. The molecule has 3 heterocycles. The van der Waals surface area contributed by atoms with Gasteiger partial charge in [0.05, 0.1) is 22.8 Å². The Hall–Kier alpha value is -2.02. The first-order valence-electron chi connectivity index (χ1n) is 10.9. The van der Waals surface area contributed by atoms with Crippen molar-refractivity contribution in [3.05, 3.63) is 24.3 Å². The van der Waals surface area contributed by atoms with Gasteiger partial charge in [0.15, 0.2) is 0 Å². The molecule has 2 atom stereocenters. The third-order valence-electron chi connectivity index (χ3n) is 5.63. The van der Waals surface area contributed by atoms with Crippen molar-refractivity contribution in [2.75, 3.05) is 25.0 Å². The molecule has 1 aromatic carbocycles. The zero-order chi connectivity index (χ0) is 22.6. The minimum atomic E-state index is -3.49. The molecule has 1 aromatic heterocycles. The summed E-state index contributed by atoms with van der Waals surface area (Å²) in [5.41, 5.74) is 0.541. The Kier molecular flexibility index (Phi) is 7.44. The monoisotopic (exact) mass is 480 g/mol. The third kappa shape index (κ3) is 5.48. The number of nitrogens with one attached hydrogen (secondary N) is 1. The van der Waals surface area contributed by atoms with Crippen molar-refractivity contribution < 1.29 is 17.9 Å². The Labute approximate surface area is 192 Å². The average Bonchev–Trinajstić information content (AvgIpc) is 3.47. The lowest BCUT2D eigenvalue weighted by Crippen LogP contribution is -2.35. The Morgan fingerprint density at radius 1 is 1.22 bits per heavy atom. The summed E-state index contributed by atoms with van der Waals surface area (Å²) in [6.45, 7) is 4.22. The lowest BCUT2D eigenvalue weighted by atomic mass is 10.2. The van der Waals surface area contributed by atoms with Crippen LogP contribution in [0.25, 0.3) is 0 Å². The largest absolute Gasteiger partial charge is 0.376 e. The van der Waals surface area contributed by atoms with E-state index < -0.39 is 15.3 Å². The maximum absolute atomic E-state index is 12.8. The molecular weight excluding hydrogens is 452 g/mol. The number of piperidine rings is 1. The van der Waals surface area contributed by atoms with Crippen LogP contribution < -0.4 is 5.32 Å². The van der Waals surface area contributed by atoms with E-state index in [0.717, 1.165) is 38.7 Å². The number of rotatable bonds is 8. The highest BCUT2D eigenvalue weighted by Gasteiger charge is 2.26. The van der Waals surface area contributed by atoms with Crippen LogP contribution in [0.4, 0.5) is 5.69 Å². The minimum Gasteiger partial charge on any atom is -0.376 e. The number of ether oxygens (including phenoxy) is 1. The second kappa shape index (κ2) is 10.3. The number of anilines is 1. The fraction of sp³-hybridized carbons (Fsp3) is 0.600. The zero-order valence-electron chi connectivity index (χ0n) is 18.0. The van der Waals surface area contributed by atoms with Crippen LogP contribution in [0.3, 0.4) is 0 Å². The van der Waals surface area contributed by atoms with Crippen molar-refractivity contribution in [1.29, 1.82) is 0 Å². The highest BCUT2D eigenvalue weighted by atomic mass is 32.2. The fourth-order valence-electron chi connectivity index (χ4n) is 3.80. The van der Waals surface area contributed by atoms with Crippen LogP contribution in [0.15, 0.2) is 34.3 Å². The number of aromatic nitrogens is 4. The Balaban J connectivity index is 1.34. The summed E-state index contributed by atoms with van der Waals surface area (Å²) in [6, 6.07) is 6.32. The number of nitrogens with zero attached hydrogens (tertiary/aromatic N) is 5. The van der Waals surface area contributed by atoms with Crippen molar-refractivity contribution >= 4 is 33.4 Å². The van der Waals surface area contributed by atoms with Gasteiger partial charge >= 0.3 is 0 Å². The number of benzene rings is 1. The summed E-state index contributed by atoms with van der Waals surface area (Å²) < 4.78 is 34.4. The van der Waals surface area contributed by atoms with Crippen LogP contribution in [0.5, 0.6) is 0 Å². The van der Waals surface area contributed by atoms with E-state index in [4.69, 9.17) is 4.74 Å². The lowest BCUT2D eigenvalue weighted by molar-refractivity contribution is -0.115. The van der Waals surface area contributed by atoms with Crippen LogP contribution >= 0.6 is 11.8 Å². The highest BCUT2D eigenvalue weighted by molar-refractivity contribution is 8.00. The van der Waals surface area contributed by atoms with Crippen LogP contribution in [-0.2, 0) is 26.1 Å². The average molecular weight is 481 g/mol. The van der Waals surface area contributed by atoms with Crippen LogP contribution in [-0.4, -0.2) is 69.9 Å². The van der Waals surface area contributed by atoms with E-state index in [1.54, 1.807) is 35.9 Å². The highest BCUT2D eigenvalue weighted by Crippen LogP contribution is 2.25. The second-order valence-corrected chi connectivity index (χ2v) is 11.3. The van der Waals surface area contributed by atoms with Crippen molar-refractivity contribution in [3.63, 3.8) is 0 Å². The molecule has 2 saturated heterocycles. The molecule has 12 heteroatoms. The molecule has 0 bridgehead atoms. The summed E-state index contributed by atoms with van der Waals surface area (Å²) in [6.07, 6.45) is 4.95. The summed E-state index contributed by atoms with van der Waals surface area (Å²) in [7, 11) is -3.49. The van der Waals surface area contributed by atoms with Crippen molar-refractivity contribution in [1.82, 2.24) is 24.5 Å². The second-order valence-electron chi connectivity index (χ2n) is 8.02. The van der Waals surface area contributed by atoms with Gasteiger partial charge in [-0.3, -0.25) is 4.79 Å². The van der Waals surface area contributed by atoms with Crippen LogP contribution in [0.2, 0.25) is 0 Å². The van der Waals surface area contributed by atoms with Gasteiger partial charge in [0.2, 0.25) is 21.1 Å². The van der Waals surface area contributed by atoms with E-state index in [1.807, 2.05) is 0 Å². The van der Waals surface area contributed by atoms with Gasteiger partial charge in [0.25, 0.3) is 0 Å². The fourth-order valence-corrected chi connectivity index (χ4v) is 6.11. The molecule has 0 aliphatic carbocycles. The van der Waals surface area contributed by atoms with Gasteiger partial charge in [-0.25, -0.2) is 13.1 Å². The van der Waals surface area contributed by atoms with Gasteiger partial charge in [-0.15, -0.1) is 5.10 Å². The number of hydrogen-bond donors (Lipinski definition) is 1. The molecule has 32 heavy (non-hydrogen) atoms. The van der Waals surface area contributed by atoms with E-state index in [0.29, 0.717) is 30.5 Å². The van der Waals surface area contributed by atoms with Crippen LogP contribution in [0, 0.1) is 0 Å². The summed E-state index contributed by atoms with van der Waals surface area (Å²) in [4.78, 5) is 12.9. The molecule has 2 aliphatic heterocycles. The molecule has 0 spiro atoms. The summed E-state index contributed by atoms with van der Waals surface area (Å²) in [5.74, 6) is -0.215. The first-order chi connectivity index (χ1) is 15.4. The quantitative estimate of drug-likeness (QED) is 0.571. The molecule has 2 aliphatic rings. The Morgan fingerprint density at radius 3 is 2.66 bits per heavy atom. The smallest absolute Gasteiger partial charge is 0.243 e. The Bertz CT molecular complexity index is 1010. The first-order valence-corrected chi connectivity index (χ1v) is 13.2. The predicted octanol–water partition coefficient (Wildman–Crippen LogP) is 2.15. The molecule has 2 aromatic rings. The van der Waals surface area contributed by atoms with Gasteiger partial charge in [-0.2, -0.15) is 4.31 Å². The molecule has 0 radical (unpaired) electrons. The maximum atomic E-state index is 12.8. The lowest BCUT2D eigenvalue weighted by Gasteiger charge is -2.25. The number of tetrazole rings is 1. The van der Waals surface area contributed by atoms with E-state index in [1.165, 1.54) is 16.1 Å². The van der Waals surface area contributed by atoms with Crippen molar-refractivity contribution in [2.45, 2.75) is 67.0 Å². The maximum Gasteiger partial charge on any atom is 0.243 e. The van der Waals surface area contributed by atoms with Gasteiger partial charge in [0.1, 0.15) is 0 Å². The minimum absolute atomic E-state index is 0.0988. The SMILES string of the molecule is C[C@H](Sc1nnnn1C[C@@H]1CCCO1)C(=O)Nc1ccc(S(=O)(=O)N2CCCCC2)cc1. The van der Waals surface area contributed by atoms with Crippen LogP contribution in [0.1, 0.15) is 39.0 Å². The number of amides is 1. The summed E-state index contributed by atoms with van der Waals surface area (Å²) >= 11 is 1.27. The van der Waals surface area contributed by atoms with E-state index in [-0.39, 0.29) is 16.9 Å². The van der Waals surface area contributed by atoms with E-state index >= 15 is 0 Å². The van der Waals surface area contributed by atoms with Gasteiger partial charge in [0, 0.05) is 25.4 Å². The topological polar surface area (TPSA) is 119 Å². The van der Waals surface area contributed by atoms with Gasteiger partial charge in [-0.05, 0) is 67.3 Å². The number of hydrogen-bond acceptors (Lipinski definition) is 8. The third-order valence-corrected chi connectivity index (χ3v) is 8.61. The predicted molar refractivity (Wildman–Crippen MR) is 120 cm³/mol. The Morgan fingerprint density at radius 2 is 1.97 bits per heavy atom. The number of sulfonamides is 1. The molecule has 10 nitrogen and oxygen atoms in total. The number of thioether (sulfide) groups is 1. The standard InChI is InChI=1S/C20H28N6O4S2/c1-15(31-20-22-23-24-26(20)14-17-6-5-13-30-17)19(27)21-16-7-9-18(10-8-16)32(28,29)25-11-3-2-4-12-25/h7-10,15,17H,2-6,11-14H2,1H3,(H,21,27)/t15-,17-/m0/s1. The van der Waals surface area contributed by atoms with Gasteiger partial charge < -0.3 is 10.1 Å². The molecule has 1 N–H and O–H groups in total. The molecule has 4 rings (SSSR count). The van der Waals surface area contributed by atoms with E-state index in [9.17, 15) is 13.2 Å². The molecule has 2 fully saturated rings. The zero-order valence-corrected chi connectivity index (χ0v) is 19.6. The molecular formula is C20H28N6O4S2. The molecule has 0 unspecified atom stereocenters. The van der Waals surface area contributed by atoms with Gasteiger partial charge in [-0.1, -0.05) is 18.2 Å². The molecule has 1 amide bonds. The van der Waals surface area contributed by atoms with E-state index in [2.05, 4.69) is 20.8 Å².